The summed E-state index contributed by atoms with van der Waals surface area (Å²) in [4.78, 5) is 41.3. The quantitative estimate of drug-likeness (QED) is 0.416. The summed E-state index contributed by atoms with van der Waals surface area (Å²) in [6, 6.07) is 11.5. The predicted molar refractivity (Wildman–Crippen MR) is 142 cm³/mol. The molecule has 1 aromatic heterocycles. The average Bonchev–Trinajstić information content (AvgIpc) is 3.49. The molecule has 8 nitrogen and oxygen atoms in total. The highest BCUT2D eigenvalue weighted by atomic mass is 35.5. The molecular weight excluding hydrogens is 498 g/mol. The summed E-state index contributed by atoms with van der Waals surface area (Å²) in [5.41, 5.74) is 14.1. The first-order chi connectivity index (χ1) is 17.2. The number of carbonyl (C=O) groups excluding carboxylic acids is 3. The largest absolute Gasteiger partial charge is 0.395 e. The van der Waals surface area contributed by atoms with Gasteiger partial charge in [0.25, 0.3) is 11.8 Å². The summed E-state index contributed by atoms with van der Waals surface area (Å²) < 4.78 is 4.00. The van der Waals surface area contributed by atoms with Gasteiger partial charge >= 0.3 is 0 Å². The Balaban J connectivity index is 1.89. The molecule has 1 atom stereocenters. The molecular formula is C26H28ClN5O3S. The van der Waals surface area contributed by atoms with Gasteiger partial charge in [0.15, 0.2) is 5.69 Å². The molecule has 2 aromatic carbocycles. The van der Waals surface area contributed by atoms with Crippen LogP contribution in [-0.4, -0.2) is 28.1 Å². The Morgan fingerprint density at radius 3 is 2.39 bits per heavy atom. The van der Waals surface area contributed by atoms with Crippen LogP contribution in [0, 0.1) is 13.8 Å². The van der Waals surface area contributed by atoms with Gasteiger partial charge in [-0.2, -0.15) is 4.37 Å². The van der Waals surface area contributed by atoms with E-state index < -0.39 is 17.9 Å². The zero-order valence-electron chi connectivity index (χ0n) is 20.1. The summed E-state index contributed by atoms with van der Waals surface area (Å²) in [5, 5.41) is 3.65. The average molecular weight is 526 g/mol. The van der Waals surface area contributed by atoms with Crippen LogP contribution in [0.3, 0.4) is 0 Å². The number of halogens is 1. The Kier molecular flexibility index (Phi) is 7.61. The summed E-state index contributed by atoms with van der Waals surface area (Å²) in [6.07, 6.45) is 3.87. The standard InChI is InChI=1S/C26H28ClN5O3S/c1-14-7-8-15(2)19(13-14)32(26(35)23-20(28)21(24(29)33)31-36-23)22(16-9-11-17(27)12-10-16)25(34)30-18-5-3-4-6-18/h7-13,18,22H,3-6,28H2,1-2H3,(H2,29,33)(H,30,34). The molecule has 1 aliphatic carbocycles. The lowest BCUT2D eigenvalue weighted by atomic mass is 10.00. The van der Waals surface area contributed by atoms with Crippen molar-refractivity contribution in [2.24, 2.45) is 5.73 Å². The second kappa shape index (κ2) is 10.7. The monoisotopic (exact) mass is 525 g/mol. The van der Waals surface area contributed by atoms with Gasteiger partial charge < -0.3 is 16.8 Å². The van der Waals surface area contributed by atoms with Crippen molar-refractivity contribution in [3.8, 4) is 0 Å². The van der Waals surface area contributed by atoms with Crippen molar-refractivity contribution in [3.63, 3.8) is 0 Å². The van der Waals surface area contributed by atoms with Gasteiger partial charge in [-0.3, -0.25) is 19.3 Å². The van der Waals surface area contributed by atoms with E-state index in [4.69, 9.17) is 23.1 Å². The Morgan fingerprint density at radius 1 is 1.11 bits per heavy atom. The number of amides is 3. The van der Waals surface area contributed by atoms with Crippen molar-refractivity contribution in [1.82, 2.24) is 9.69 Å². The van der Waals surface area contributed by atoms with E-state index in [1.165, 1.54) is 4.90 Å². The zero-order valence-corrected chi connectivity index (χ0v) is 21.7. The van der Waals surface area contributed by atoms with Crippen molar-refractivity contribution in [2.75, 3.05) is 10.6 Å². The van der Waals surface area contributed by atoms with Gasteiger partial charge in [-0.25, -0.2) is 0 Å². The number of aromatic nitrogens is 1. The van der Waals surface area contributed by atoms with Crippen LogP contribution in [0.2, 0.25) is 5.02 Å². The normalized spacial score (nSPS) is 14.4. The SMILES string of the molecule is Cc1ccc(C)c(N(C(=O)c2snc(C(N)=O)c2N)C(C(=O)NC2CCCC2)c2ccc(Cl)cc2)c1. The van der Waals surface area contributed by atoms with Crippen molar-refractivity contribution in [3.05, 3.63) is 74.7 Å². The number of carbonyl (C=O) groups is 3. The molecule has 3 aromatic rings. The van der Waals surface area contributed by atoms with E-state index in [2.05, 4.69) is 9.69 Å². The lowest BCUT2D eigenvalue weighted by Crippen LogP contribution is -2.46. The van der Waals surface area contributed by atoms with Gasteiger partial charge in [0.05, 0.1) is 5.69 Å². The smallest absolute Gasteiger partial charge is 0.273 e. The van der Waals surface area contributed by atoms with E-state index in [0.717, 1.165) is 48.3 Å². The van der Waals surface area contributed by atoms with Crippen molar-refractivity contribution in [1.29, 1.82) is 0 Å². The number of nitrogens with zero attached hydrogens (tertiary/aromatic N) is 2. The summed E-state index contributed by atoms with van der Waals surface area (Å²) in [5.74, 6) is -1.68. The van der Waals surface area contributed by atoms with Crippen LogP contribution in [0.5, 0.6) is 0 Å². The van der Waals surface area contributed by atoms with Gasteiger partial charge in [-0.1, -0.05) is 48.7 Å². The van der Waals surface area contributed by atoms with E-state index in [0.29, 0.717) is 16.3 Å². The van der Waals surface area contributed by atoms with Gasteiger partial charge in [-0.05, 0) is 73.1 Å². The molecule has 188 valence electrons. The number of benzene rings is 2. The first-order valence-corrected chi connectivity index (χ1v) is 12.8. The van der Waals surface area contributed by atoms with E-state index in [1.54, 1.807) is 24.3 Å². The molecule has 36 heavy (non-hydrogen) atoms. The van der Waals surface area contributed by atoms with Crippen molar-refractivity contribution in [2.45, 2.75) is 51.6 Å². The minimum atomic E-state index is -1.02. The van der Waals surface area contributed by atoms with Crippen LogP contribution in [-0.2, 0) is 4.79 Å². The molecule has 5 N–H and O–H groups in total. The number of nitrogens with two attached hydrogens (primary N) is 2. The molecule has 0 spiro atoms. The second-order valence-corrected chi connectivity index (χ2v) is 10.3. The summed E-state index contributed by atoms with van der Waals surface area (Å²) in [7, 11) is 0. The highest BCUT2D eigenvalue weighted by molar-refractivity contribution is 7.09. The maximum Gasteiger partial charge on any atom is 0.273 e. The van der Waals surface area contributed by atoms with Crippen LogP contribution < -0.4 is 21.7 Å². The molecule has 0 bridgehead atoms. The highest BCUT2D eigenvalue weighted by Gasteiger charge is 2.37. The van der Waals surface area contributed by atoms with E-state index in [1.807, 2.05) is 32.0 Å². The summed E-state index contributed by atoms with van der Waals surface area (Å²) in [6.45, 7) is 3.78. The number of hydrogen-bond donors (Lipinski definition) is 3. The molecule has 1 aliphatic rings. The lowest BCUT2D eigenvalue weighted by Gasteiger charge is -2.33. The van der Waals surface area contributed by atoms with Gasteiger partial charge in [-0.15, -0.1) is 0 Å². The van der Waals surface area contributed by atoms with Gasteiger partial charge in [0.1, 0.15) is 10.9 Å². The minimum absolute atomic E-state index is 0.0392. The van der Waals surface area contributed by atoms with E-state index in [9.17, 15) is 14.4 Å². The van der Waals surface area contributed by atoms with Crippen LogP contribution in [0.1, 0.15) is 68.6 Å². The third-order valence-corrected chi connectivity index (χ3v) is 7.50. The molecule has 1 unspecified atom stereocenters. The Hall–Kier alpha value is -3.43. The minimum Gasteiger partial charge on any atom is -0.395 e. The number of nitrogen functional groups attached to an aromatic ring is 1. The van der Waals surface area contributed by atoms with Gasteiger partial charge in [0, 0.05) is 16.8 Å². The molecule has 3 amide bonds. The van der Waals surface area contributed by atoms with Crippen LogP contribution in [0.25, 0.3) is 0 Å². The Bertz CT molecular complexity index is 1300. The van der Waals surface area contributed by atoms with Gasteiger partial charge in [0.2, 0.25) is 5.91 Å². The molecule has 1 heterocycles. The third kappa shape index (κ3) is 5.22. The Morgan fingerprint density at radius 2 is 1.78 bits per heavy atom. The molecule has 10 heteroatoms. The molecule has 0 aliphatic heterocycles. The lowest BCUT2D eigenvalue weighted by molar-refractivity contribution is -0.123. The molecule has 4 rings (SSSR count). The van der Waals surface area contributed by atoms with E-state index >= 15 is 0 Å². The molecule has 1 fully saturated rings. The molecule has 1 saturated carbocycles. The maximum absolute atomic E-state index is 14.1. The number of anilines is 2. The third-order valence-electron chi connectivity index (χ3n) is 6.39. The first-order valence-electron chi connectivity index (χ1n) is 11.7. The second-order valence-electron chi connectivity index (χ2n) is 9.05. The topological polar surface area (TPSA) is 131 Å². The molecule has 0 saturated heterocycles. The molecule has 0 radical (unpaired) electrons. The van der Waals surface area contributed by atoms with Crippen LogP contribution >= 0.6 is 23.1 Å². The fourth-order valence-electron chi connectivity index (χ4n) is 4.50. The van der Waals surface area contributed by atoms with Crippen LogP contribution in [0.15, 0.2) is 42.5 Å². The number of aryl methyl sites for hydroxylation is 2. The van der Waals surface area contributed by atoms with E-state index in [-0.39, 0.29) is 28.2 Å². The fourth-order valence-corrected chi connectivity index (χ4v) is 5.36. The predicted octanol–water partition coefficient (Wildman–Crippen LogP) is 4.54. The van der Waals surface area contributed by atoms with Crippen molar-refractivity contribution >= 4 is 52.2 Å². The number of primary amides is 1. The zero-order chi connectivity index (χ0) is 26.0. The number of nitrogens with one attached hydrogen (secondary N) is 1. The maximum atomic E-state index is 14.1. The number of hydrogen-bond acceptors (Lipinski definition) is 6. The Labute approximate surface area is 218 Å². The van der Waals surface area contributed by atoms with Crippen molar-refractivity contribution < 1.29 is 14.4 Å². The fraction of sp³-hybridized carbons (Fsp3) is 0.308. The highest BCUT2D eigenvalue weighted by Crippen LogP contribution is 2.36. The first kappa shape index (κ1) is 25.7. The van der Waals surface area contributed by atoms with Crippen LogP contribution in [0.4, 0.5) is 11.4 Å². The number of rotatable bonds is 7. The summed E-state index contributed by atoms with van der Waals surface area (Å²) >= 11 is 6.93.